The molecule has 0 aliphatic rings. The molecule has 0 N–H and O–H groups in total. The Labute approximate surface area is 97.4 Å². The number of hydrogen-bond donors (Lipinski definition) is 0. The van der Waals surface area contributed by atoms with Crippen LogP contribution in [-0.4, -0.2) is 23.4 Å². The number of rotatable bonds is 2. The van der Waals surface area contributed by atoms with Gasteiger partial charge in [-0.05, 0) is 15.9 Å². The van der Waals surface area contributed by atoms with Gasteiger partial charge >= 0.3 is 12.4 Å². The van der Waals surface area contributed by atoms with Gasteiger partial charge in [-0.15, -0.1) is 0 Å². The number of halogens is 7. The van der Waals surface area contributed by atoms with E-state index < -0.39 is 23.7 Å². The van der Waals surface area contributed by atoms with E-state index in [1.807, 2.05) is 0 Å². The van der Waals surface area contributed by atoms with Crippen molar-refractivity contribution in [1.82, 2.24) is 4.98 Å². The van der Waals surface area contributed by atoms with E-state index in [2.05, 4.69) is 25.7 Å². The van der Waals surface area contributed by atoms with Gasteiger partial charge in [0.15, 0.2) is 0 Å². The predicted octanol–water partition coefficient (Wildman–Crippen LogP) is 3.78. The Hall–Kier alpha value is -0.510. The first kappa shape index (κ1) is 13.6. The van der Waals surface area contributed by atoms with Gasteiger partial charge in [0.05, 0.1) is 0 Å². The molecule has 1 aromatic heterocycles. The highest BCUT2D eigenvalue weighted by Crippen LogP contribution is 2.37. The molecule has 0 saturated carbocycles. The lowest BCUT2D eigenvalue weighted by atomic mass is 10.3. The maximum absolute atomic E-state index is 12.0. The summed E-state index contributed by atoms with van der Waals surface area (Å²) in [6.45, 7) is 0. The highest BCUT2D eigenvalue weighted by Gasteiger charge is 2.59. The van der Waals surface area contributed by atoms with E-state index in [4.69, 9.17) is 0 Å². The monoisotopic (exact) mass is 329 g/mol. The first-order chi connectivity index (χ1) is 7.10. The van der Waals surface area contributed by atoms with Gasteiger partial charge in [-0.2, -0.15) is 31.3 Å². The molecule has 0 fully saturated rings. The smallest absolute Gasteiger partial charge is 0.434 e. The normalized spacial score (nSPS) is 13.2. The van der Waals surface area contributed by atoms with Crippen molar-refractivity contribution in [2.75, 3.05) is 0 Å². The summed E-state index contributed by atoms with van der Waals surface area (Å²) in [5.74, 6) is 0. The van der Waals surface area contributed by atoms with Crippen LogP contribution in [0.4, 0.5) is 26.3 Å². The van der Waals surface area contributed by atoms with Crippen molar-refractivity contribution in [2.24, 2.45) is 0 Å². The van der Waals surface area contributed by atoms with E-state index in [1.54, 1.807) is 0 Å². The molecular weight excluding hydrogens is 328 g/mol. The van der Waals surface area contributed by atoms with E-state index in [-0.39, 0.29) is 4.60 Å². The van der Waals surface area contributed by atoms with E-state index in [1.165, 1.54) is 5.38 Å². The van der Waals surface area contributed by atoms with Crippen LogP contribution >= 0.6 is 27.3 Å². The SMILES string of the molecule is FC(F)(F)C(Oc1nc(Br)cs1)C(F)(F)F. The third-order valence-electron chi connectivity index (χ3n) is 1.27. The summed E-state index contributed by atoms with van der Waals surface area (Å²) in [6, 6.07) is 0. The summed E-state index contributed by atoms with van der Waals surface area (Å²) in [5.41, 5.74) is 0. The maximum Gasteiger partial charge on any atom is 0.434 e. The Balaban J connectivity index is 2.88. The van der Waals surface area contributed by atoms with Gasteiger partial charge in [-0.3, -0.25) is 0 Å². The Bertz CT molecular complexity index is 347. The second-order valence-electron chi connectivity index (χ2n) is 2.52. The van der Waals surface area contributed by atoms with Crippen molar-refractivity contribution < 1.29 is 31.1 Å². The molecule has 0 radical (unpaired) electrons. The molecular formula is C6H2BrF6NOS. The lowest BCUT2D eigenvalue weighted by molar-refractivity contribution is -0.299. The first-order valence-corrected chi connectivity index (χ1v) is 5.19. The lowest BCUT2D eigenvalue weighted by Crippen LogP contribution is -2.46. The summed E-state index contributed by atoms with van der Waals surface area (Å²) >= 11 is 3.31. The highest BCUT2D eigenvalue weighted by molar-refractivity contribution is 9.10. The second kappa shape index (κ2) is 4.40. The average molecular weight is 330 g/mol. The summed E-state index contributed by atoms with van der Waals surface area (Å²) in [4.78, 5) is 3.29. The Morgan fingerprint density at radius 3 is 2.00 bits per heavy atom. The molecule has 0 spiro atoms. The van der Waals surface area contributed by atoms with Crippen LogP contribution in [-0.2, 0) is 0 Å². The van der Waals surface area contributed by atoms with Gasteiger partial charge in [0.25, 0.3) is 11.3 Å². The van der Waals surface area contributed by atoms with E-state index >= 15 is 0 Å². The van der Waals surface area contributed by atoms with Crippen molar-refractivity contribution in [3.63, 3.8) is 0 Å². The fourth-order valence-electron chi connectivity index (χ4n) is 0.713. The van der Waals surface area contributed by atoms with Crippen molar-refractivity contribution in [2.45, 2.75) is 18.5 Å². The number of hydrogen-bond acceptors (Lipinski definition) is 3. The topological polar surface area (TPSA) is 22.1 Å². The minimum absolute atomic E-state index is 0.107. The third-order valence-corrected chi connectivity index (χ3v) is 2.71. The van der Waals surface area contributed by atoms with Crippen molar-refractivity contribution in [1.29, 1.82) is 0 Å². The Morgan fingerprint density at radius 2 is 1.69 bits per heavy atom. The van der Waals surface area contributed by atoms with Crippen LogP contribution in [0.15, 0.2) is 9.98 Å². The molecule has 1 heterocycles. The third kappa shape index (κ3) is 3.51. The Kier molecular flexibility index (Phi) is 3.72. The number of thiazole rings is 1. The summed E-state index contributed by atoms with van der Waals surface area (Å²) in [5, 5.41) is 0.505. The molecule has 2 nitrogen and oxygen atoms in total. The van der Waals surface area contributed by atoms with Gasteiger partial charge in [-0.1, -0.05) is 11.3 Å². The zero-order valence-corrected chi connectivity index (χ0v) is 9.47. The molecule has 0 aliphatic heterocycles. The van der Waals surface area contributed by atoms with E-state index in [9.17, 15) is 26.3 Å². The zero-order chi connectivity index (χ0) is 12.6. The van der Waals surface area contributed by atoms with Crippen LogP contribution in [0.2, 0.25) is 0 Å². The number of nitrogens with zero attached hydrogens (tertiary/aromatic N) is 1. The summed E-state index contributed by atoms with van der Waals surface area (Å²) < 4.78 is 76.1. The van der Waals surface area contributed by atoms with Crippen LogP contribution in [0.1, 0.15) is 0 Å². The molecule has 16 heavy (non-hydrogen) atoms. The largest absolute Gasteiger partial charge is 0.447 e. The van der Waals surface area contributed by atoms with Crippen LogP contribution in [0.25, 0.3) is 0 Å². The van der Waals surface area contributed by atoms with Gasteiger partial charge in [0.1, 0.15) is 4.60 Å². The molecule has 1 rings (SSSR count). The van der Waals surface area contributed by atoms with Crippen LogP contribution in [0.5, 0.6) is 5.19 Å². The molecule has 0 aliphatic carbocycles. The van der Waals surface area contributed by atoms with Crippen LogP contribution in [0, 0.1) is 0 Å². The van der Waals surface area contributed by atoms with Crippen molar-refractivity contribution >= 4 is 27.3 Å². The predicted molar refractivity (Wildman–Crippen MR) is 46.3 cm³/mol. The van der Waals surface area contributed by atoms with Crippen LogP contribution < -0.4 is 4.74 Å². The van der Waals surface area contributed by atoms with Gasteiger partial charge in [0.2, 0.25) is 0 Å². The van der Waals surface area contributed by atoms with Crippen LogP contribution in [0.3, 0.4) is 0 Å². The van der Waals surface area contributed by atoms with Gasteiger partial charge in [-0.25, -0.2) is 0 Å². The Morgan fingerprint density at radius 1 is 1.19 bits per heavy atom. The van der Waals surface area contributed by atoms with E-state index in [0.29, 0.717) is 11.3 Å². The summed E-state index contributed by atoms with van der Waals surface area (Å²) in [6.07, 6.45) is -14.9. The zero-order valence-electron chi connectivity index (χ0n) is 7.06. The fraction of sp³-hybridized carbons (Fsp3) is 0.500. The van der Waals surface area contributed by atoms with Crippen molar-refractivity contribution in [3.05, 3.63) is 9.98 Å². The lowest BCUT2D eigenvalue weighted by Gasteiger charge is -2.22. The number of ether oxygens (including phenoxy) is 1. The van der Waals surface area contributed by atoms with E-state index in [0.717, 1.165) is 0 Å². The molecule has 10 heteroatoms. The number of alkyl halides is 6. The summed E-state index contributed by atoms with van der Waals surface area (Å²) in [7, 11) is 0. The van der Waals surface area contributed by atoms with Gasteiger partial charge < -0.3 is 4.74 Å². The molecule has 1 aromatic rings. The molecule has 0 amide bonds. The minimum Gasteiger partial charge on any atom is -0.447 e. The minimum atomic E-state index is -5.53. The number of aromatic nitrogens is 1. The molecule has 0 unspecified atom stereocenters. The van der Waals surface area contributed by atoms with Crippen molar-refractivity contribution in [3.8, 4) is 5.19 Å². The fourth-order valence-corrected chi connectivity index (χ4v) is 1.83. The first-order valence-electron chi connectivity index (χ1n) is 3.52. The highest BCUT2D eigenvalue weighted by atomic mass is 79.9. The molecule has 0 saturated heterocycles. The molecule has 0 bridgehead atoms. The average Bonchev–Trinajstić information content (AvgIpc) is 2.43. The molecule has 0 atom stereocenters. The van der Waals surface area contributed by atoms with Gasteiger partial charge in [0, 0.05) is 5.38 Å². The second-order valence-corrected chi connectivity index (χ2v) is 4.15. The maximum atomic E-state index is 12.0. The molecule has 0 aromatic carbocycles. The quantitative estimate of drug-likeness (QED) is 0.770. The standard InChI is InChI=1S/C6H2BrF6NOS/c7-2-1-16-4(14-2)15-3(5(8,9)10)6(11,12)13/h1,3H. The molecule has 92 valence electrons.